The molecule has 0 unspecified atom stereocenters. The number of esters is 1. The van der Waals surface area contributed by atoms with E-state index in [-0.39, 0.29) is 22.9 Å². The lowest BCUT2D eigenvalue weighted by molar-refractivity contribution is -0.384. The van der Waals surface area contributed by atoms with Crippen molar-refractivity contribution in [3.63, 3.8) is 0 Å². The maximum Gasteiger partial charge on any atom is 0.343 e. The molecule has 0 spiro atoms. The van der Waals surface area contributed by atoms with Gasteiger partial charge in [0.2, 0.25) is 5.91 Å². The number of hydrogen-bond acceptors (Lipinski definition) is 6. The molecule has 31 heavy (non-hydrogen) atoms. The monoisotopic (exact) mass is 417 g/mol. The van der Waals surface area contributed by atoms with Gasteiger partial charge in [0.15, 0.2) is 0 Å². The smallest absolute Gasteiger partial charge is 0.343 e. The molecule has 156 valence electrons. The molecule has 0 saturated carbocycles. The number of rotatable bonds is 8. The molecule has 0 radical (unpaired) electrons. The van der Waals surface area contributed by atoms with E-state index in [9.17, 15) is 19.7 Å². The molecule has 0 atom stereocenters. The van der Waals surface area contributed by atoms with Gasteiger partial charge in [0, 0.05) is 18.6 Å². The number of carbonyl (C=O) groups excluding carboxylic acids is 2. The fraction of sp³-hybridized carbons (Fsp3) is 0.0870. The highest BCUT2D eigenvalue weighted by Gasteiger charge is 2.13. The minimum absolute atomic E-state index is 0.0685. The maximum atomic E-state index is 12.3. The summed E-state index contributed by atoms with van der Waals surface area (Å²) in [6.45, 7) is 0. The molecule has 1 N–H and O–H groups in total. The van der Waals surface area contributed by atoms with Crippen molar-refractivity contribution >= 4 is 23.8 Å². The molecule has 0 bridgehead atoms. The molecule has 0 aliphatic heterocycles. The third kappa shape index (κ3) is 6.60. The van der Waals surface area contributed by atoms with Crippen LogP contribution in [0.3, 0.4) is 0 Å². The molecule has 0 aliphatic rings. The minimum Gasteiger partial charge on any atom is -0.423 e. The van der Waals surface area contributed by atoms with Crippen LogP contribution < -0.4 is 10.2 Å². The topological polar surface area (TPSA) is 111 Å². The van der Waals surface area contributed by atoms with E-state index in [0.29, 0.717) is 18.4 Å². The molecule has 0 aliphatic carbocycles. The largest absolute Gasteiger partial charge is 0.423 e. The fourth-order valence-corrected chi connectivity index (χ4v) is 2.71. The summed E-state index contributed by atoms with van der Waals surface area (Å²) in [5.74, 6) is -0.684. The molecule has 3 aromatic rings. The van der Waals surface area contributed by atoms with E-state index in [0.717, 1.165) is 11.6 Å². The van der Waals surface area contributed by atoms with Gasteiger partial charge in [-0.05, 0) is 35.7 Å². The maximum absolute atomic E-state index is 12.3. The zero-order valence-electron chi connectivity index (χ0n) is 16.4. The van der Waals surface area contributed by atoms with Gasteiger partial charge in [-0.15, -0.1) is 0 Å². The second-order valence-electron chi connectivity index (χ2n) is 6.55. The normalized spacial score (nSPS) is 10.6. The number of hydrogen-bond donors (Lipinski definition) is 1. The number of carbonyl (C=O) groups is 2. The molecule has 0 fully saturated rings. The van der Waals surface area contributed by atoms with Gasteiger partial charge in [0.1, 0.15) is 5.75 Å². The van der Waals surface area contributed by atoms with E-state index in [2.05, 4.69) is 10.5 Å². The first-order valence-electron chi connectivity index (χ1n) is 9.44. The number of benzene rings is 3. The molecule has 1 amide bonds. The van der Waals surface area contributed by atoms with Gasteiger partial charge in [-0.3, -0.25) is 14.9 Å². The zero-order valence-corrected chi connectivity index (χ0v) is 16.4. The van der Waals surface area contributed by atoms with E-state index in [1.165, 1.54) is 24.4 Å². The second kappa shape index (κ2) is 10.4. The second-order valence-corrected chi connectivity index (χ2v) is 6.55. The van der Waals surface area contributed by atoms with Crippen LogP contribution in [0, 0.1) is 10.1 Å². The van der Waals surface area contributed by atoms with Gasteiger partial charge >= 0.3 is 5.97 Å². The van der Waals surface area contributed by atoms with Crippen LogP contribution in [0.2, 0.25) is 0 Å². The lowest BCUT2D eigenvalue weighted by atomic mass is 10.1. The van der Waals surface area contributed by atoms with Crippen molar-refractivity contribution in [2.75, 3.05) is 0 Å². The average molecular weight is 417 g/mol. The first-order valence-corrected chi connectivity index (χ1v) is 9.44. The van der Waals surface area contributed by atoms with E-state index in [1.54, 1.807) is 24.3 Å². The number of nitro groups is 1. The number of non-ortho nitro benzene ring substituents is 1. The average Bonchev–Trinajstić information content (AvgIpc) is 2.79. The minimum atomic E-state index is -0.716. The predicted octanol–water partition coefficient (Wildman–Crippen LogP) is 3.90. The molecular weight excluding hydrogens is 398 g/mol. The number of nitro benzene ring substituents is 1. The number of nitrogens with one attached hydrogen (secondary N) is 1. The van der Waals surface area contributed by atoms with Crippen molar-refractivity contribution in [3.8, 4) is 5.75 Å². The Morgan fingerprint density at radius 3 is 2.55 bits per heavy atom. The summed E-state index contributed by atoms with van der Waals surface area (Å²) < 4.78 is 5.28. The number of amides is 1. The fourth-order valence-electron chi connectivity index (χ4n) is 2.71. The third-order valence-electron chi connectivity index (χ3n) is 4.25. The number of nitrogens with zero attached hydrogens (tertiary/aromatic N) is 2. The Morgan fingerprint density at radius 1 is 1.00 bits per heavy atom. The van der Waals surface area contributed by atoms with Crippen molar-refractivity contribution in [1.82, 2.24) is 5.43 Å². The predicted molar refractivity (Wildman–Crippen MR) is 115 cm³/mol. The molecule has 8 heteroatoms. The van der Waals surface area contributed by atoms with E-state index in [4.69, 9.17) is 4.74 Å². The highest BCUT2D eigenvalue weighted by molar-refractivity contribution is 5.92. The lowest BCUT2D eigenvalue weighted by Crippen LogP contribution is -2.17. The quantitative estimate of drug-likeness (QED) is 0.196. The van der Waals surface area contributed by atoms with Crippen molar-refractivity contribution in [1.29, 1.82) is 0 Å². The highest BCUT2D eigenvalue weighted by atomic mass is 16.6. The van der Waals surface area contributed by atoms with Crippen molar-refractivity contribution in [2.24, 2.45) is 5.10 Å². The molecular formula is C23H19N3O5. The Hall–Kier alpha value is -4.33. The van der Waals surface area contributed by atoms with Gasteiger partial charge in [-0.2, -0.15) is 5.10 Å². The SMILES string of the molecule is O=C(CCc1ccccc1)NN=Cc1cccc(OC(=O)c2cccc([N+](=O)[O-])c2)c1. The summed E-state index contributed by atoms with van der Waals surface area (Å²) in [5, 5.41) is 14.8. The standard InChI is InChI=1S/C23H19N3O5/c27-22(13-12-17-6-2-1-3-7-17)25-24-16-18-8-4-11-21(14-18)31-23(28)19-9-5-10-20(15-19)26(29)30/h1-11,14-16H,12-13H2,(H,25,27). The molecule has 3 aromatic carbocycles. The Morgan fingerprint density at radius 2 is 1.77 bits per heavy atom. The molecule has 8 nitrogen and oxygen atoms in total. The first-order chi connectivity index (χ1) is 15.0. The van der Waals surface area contributed by atoms with Gasteiger partial charge < -0.3 is 4.74 Å². The van der Waals surface area contributed by atoms with Gasteiger partial charge in [0.05, 0.1) is 16.7 Å². The van der Waals surface area contributed by atoms with E-state index < -0.39 is 10.9 Å². The van der Waals surface area contributed by atoms with Crippen LogP contribution in [-0.2, 0) is 11.2 Å². The molecule has 3 rings (SSSR count). The Labute approximate surface area is 178 Å². The van der Waals surface area contributed by atoms with Crippen molar-refractivity contribution in [3.05, 3.63) is 106 Å². The van der Waals surface area contributed by atoms with Crippen LogP contribution in [-0.4, -0.2) is 23.0 Å². The van der Waals surface area contributed by atoms with Gasteiger partial charge in [0.25, 0.3) is 5.69 Å². The number of hydrazone groups is 1. The van der Waals surface area contributed by atoms with Crippen LogP contribution in [0.4, 0.5) is 5.69 Å². The third-order valence-corrected chi connectivity index (χ3v) is 4.25. The van der Waals surface area contributed by atoms with E-state index >= 15 is 0 Å². The first kappa shape index (κ1) is 21.4. The van der Waals surface area contributed by atoms with Crippen LogP contribution in [0.1, 0.15) is 27.9 Å². The van der Waals surface area contributed by atoms with Crippen LogP contribution in [0.25, 0.3) is 0 Å². The van der Waals surface area contributed by atoms with Crippen LogP contribution in [0.15, 0.2) is 84.0 Å². The summed E-state index contributed by atoms with van der Waals surface area (Å²) in [4.78, 5) is 34.4. The van der Waals surface area contributed by atoms with Crippen molar-refractivity contribution < 1.29 is 19.2 Å². The van der Waals surface area contributed by atoms with Crippen molar-refractivity contribution in [2.45, 2.75) is 12.8 Å². The highest BCUT2D eigenvalue weighted by Crippen LogP contribution is 2.17. The molecule has 0 saturated heterocycles. The summed E-state index contributed by atoms with van der Waals surface area (Å²) in [6, 6.07) is 21.5. The Balaban J connectivity index is 1.54. The van der Waals surface area contributed by atoms with Gasteiger partial charge in [-0.25, -0.2) is 10.2 Å². The summed E-state index contributed by atoms with van der Waals surface area (Å²) in [5.41, 5.74) is 4.01. The zero-order chi connectivity index (χ0) is 22.1. The Bertz CT molecular complexity index is 1110. The van der Waals surface area contributed by atoms with Crippen LogP contribution in [0.5, 0.6) is 5.75 Å². The summed E-state index contributed by atoms with van der Waals surface area (Å²) >= 11 is 0. The summed E-state index contributed by atoms with van der Waals surface area (Å²) in [6.07, 6.45) is 2.36. The molecule has 0 heterocycles. The Kier molecular flexibility index (Phi) is 7.21. The van der Waals surface area contributed by atoms with E-state index in [1.807, 2.05) is 30.3 Å². The van der Waals surface area contributed by atoms with Gasteiger partial charge in [-0.1, -0.05) is 48.5 Å². The lowest BCUT2D eigenvalue weighted by Gasteiger charge is -2.05. The number of aryl methyl sites for hydroxylation is 1. The van der Waals surface area contributed by atoms with Crippen LogP contribution >= 0.6 is 0 Å². The molecule has 0 aromatic heterocycles. The number of ether oxygens (including phenoxy) is 1. The summed E-state index contributed by atoms with van der Waals surface area (Å²) in [7, 11) is 0.